The van der Waals surface area contributed by atoms with Gasteiger partial charge in [0.2, 0.25) is 12.2 Å². The maximum Gasteiger partial charge on any atom is 0.231 e. The van der Waals surface area contributed by atoms with Crippen molar-refractivity contribution in [2.45, 2.75) is 12.5 Å². The van der Waals surface area contributed by atoms with Gasteiger partial charge in [-0.1, -0.05) is 12.1 Å². The lowest BCUT2D eigenvalue weighted by Crippen LogP contribution is -2.31. The first kappa shape index (κ1) is 20.7. The van der Waals surface area contributed by atoms with E-state index in [1.54, 1.807) is 6.20 Å². The van der Waals surface area contributed by atoms with Gasteiger partial charge in [0.05, 0.1) is 10.9 Å². The number of benzene rings is 2. The van der Waals surface area contributed by atoms with E-state index < -0.39 is 0 Å². The third-order valence-corrected chi connectivity index (χ3v) is 6.76. The number of ether oxygens (including phenoxy) is 2. The van der Waals surface area contributed by atoms with Crippen molar-refractivity contribution in [3.63, 3.8) is 0 Å². The van der Waals surface area contributed by atoms with E-state index in [0.717, 1.165) is 53.5 Å². The summed E-state index contributed by atoms with van der Waals surface area (Å²) in [4.78, 5) is 22.4. The van der Waals surface area contributed by atoms with Gasteiger partial charge in [-0.3, -0.25) is 4.79 Å². The third-order valence-electron chi connectivity index (χ3n) is 6.76. The lowest BCUT2D eigenvalue weighted by molar-refractivity contribution is 0.174. The predicted octanol–water partition coefficient (Wildman–Crippen LogP) is 4.39. The van der Waals surface area contributed by atoms with E-state index in [1.807, 2.05) is 48.5 Å². The average Bonchev–Trinajstić information content (AvgIpc) is 3.54. The first-order chi connectivity index (χ1) is 16.6. The lowest BCUT2D eigenvalue weighted by Gasteiger charge is -2.21. The standard InChI is InChI=1S/C27H25N3O4/c1-29(2)20-9-10-30(14-20)26-8-5-19(13-28-26)22-15-32-24-11-17(3-6-21(24)27(22)31)18-4-7-23-25(12-18)34-16-33-23/h3-8,11-13,15,20H,9-10,14,16H2,1-2H3. The summed E-state index contributed by atoms with van der Waals surface area (Å²) in [5.74, 6) is 2.39. The molecule has 0 saturated carbocycles. The Balaban J connectivity index is 1.28. The summed E-state index contributed by atoms with van der Waals surface area (Å²) in [6.07, 6.45) is 4.42. The molecule has 4 heterocycles. The maximum absolute atomic E-state index is 13.2. The van der Waals surface area contributed by atoms with Crippen LogP contribution in [0, 0.1) is 0 Å². The lowest BCUT2D eigenvalue weighted by atomic mass is 10.0. The van der Waals surface area contributed by atoms with Crippen molar-refractivity contribution in [1.29, 1.82) is 0 Å². The van der Waals surface area contributed by atoms with Crippen molar-refractivity contribution in [2.24, 2.45) is 0 Å². The van der Waals surface area contributed by atoms with Crippen LogP contribution in [0.1, 0.15) is 6.42 Å². The van der Waals surface area contributed by atoms with Gasteiger partial charge in [-0.15, -0.1) is 0 Å². The summed E-state index contributed by atoms with van der Waals surface area (Å²) >= 11 is 0. The topological polar surface area (TPSA) is 68.0 Å². The molecule has 1 saturated heterocycles. The maximum atomic E-state index is 13.2. The van der Waals surface area contributed by atoms with Crippen LogP contribution < -0.4 is 19.8 Å². The van der Waals surface area contributed by atoms with Gasteiger partial charge in [0.1, 0.15) is 17.7 Å². The molecule has 2 aromatic carbocycles. The number of nitrogens with zero attached hydrogens (tertiary/aromatic N) is 3. The fourth-order valence-corrected chi connectivity index (χ4v) is 4.69. The normalized spacial score (nSPS) is 17.1. The van der Waals surface area contributed by atoms with Crippen LogP contribution in [0.25, 0.3) is 33.2 Å². The van der Waals surface area contributed by atoms with E-state index in [2.05, 4.69) is 28.9 Å². The van der Waals surface area contributed by atoms with Gasteiger partial charge >= 0.3 is 0 Å². The molecule has 1 atom stereocenters. The van der Waals surface area contributed by atoms with E-state index in [9.17, 15) is 4.79 Å². The van der Waals surface area contributed by atoms with Crippen LogP contribution in [0.15, 0.2) is 70.2 Å². The van der Waals surface area contributed by atoms with Crippen molar-refractivity contribution in [2.75, 3.05) is 38.9 Å². The predicted molar refractivity (Wildman–Crippen MR) is 132 cm³/mol. The van der Waals surface area contributed by atoms with E-state index in [4.69, 9.17) is 13.9 Å². The van der Waals surface area contributed by atoms with Crippen molar-refractivity contribution < 1.29 is 13.9 Å². The zero-order valence-corrected chi connectivity index (χ0v) is 19.2. The monoisotopic (exact) mass is 455 g/mol. The molecule has 6 rings (SSSR count). The van der Waals surface area contributed by atoms with Gasteiger partial charge < -0.3 is 23.7 Å². The highest BCUT2D eigenvalue weighted by atomic mass is 16.7. The molecular weight excluding hydrogens is 430 g/mol. The summed E-state index contributed by atoms with van der Waals surface area (Å²) in [5.41, 5.74) is 3.64. The quantitative estimate of drug-likeness (QED) is 0.452. The van der Waals surface area contributed by atoms with E-state index in [-0.39, 0.29) is 12.2 Å². The highest BCUT2D eigenvalue weighted by Crippen LogP contribution is 2.36. The second kappa shape index (κ2) is 8.18. The first-order valence-corrected chi connectivity index (χ1v) is 11.4. The van der Waals surface area contributed by atoms with E-state index in [1.165, 1.54) is 6.26 Å². The summed E-state index contributed by atoms with van der Waals surface area (Å²) in [6.45, 7) is 2.18. The third kappa shape index (κ3) is 3.58. The number of pyridine rings is 1. The highest BCUT2D eigenvalue weighted by molar-refractivity contribution is 5.86. The molecule has 172 valence electrons. The first-order valence-electron chi connectivity index (χ1n) is 11.4. The zero-order chi connectivity index (χ0) is 23.2. The zero-order valence-electron chi connectivity index (χ0n) is 19.2. The second-order valence-corrected chi connectivity index (χ2v) is 9.01. The molecule has 4 aromatic rings. The van der Waals surface area contributed by atoms with Crippen LogP contribution in [-0.2, 0) is 0 Å². The van der Waals surface area contributed by atoms with Gasteiger partial charge in [0.25, 0.3) is 0 Å². The Morgan fingerprint density at radius 3 is 2.56 bits per heavy atom. The number of hydrogen-bond donors (Lipinski definition) is 0. The summed E-state index contributed by atoms with van der Waals surface area (Å²) < 4.78 is 16.8. The molecule has 0 aliphatic carbocycles. The van der Waals surface area contributed by atoms with Crippen molar-refractivity contribution in [1.82, 2.24) is 9.88 Å². The van der Waals surface area contributed by atoms with Gasteiger partial charge in [-0.25, -0.2) is 4.98 Å². The molecule has 1 unspecified atom stereocenters. The van der Waals surface area contributed by atoms with Gasteiger partial charge in [-0.05, 0) is 68.0 Å². The number of aromatic nitrogens is 1. The van der Waals surface area contributed by atoms with E-state index >= 15 is 0 Å². The Morgan fingerprint density at radius 2 is 1.76 bits per heavy atom. The Labute approximate surface area is 197 Å². The molecule has 34 heavy (non-hydrogen) atoms. The smallest absolute Gasteiger partial charge is 0.231 e. The summed E-state index contributed by atoms with van der Waals surface area (Å²) in [5, 5.41) is 0.541. The van der Waals surface area contributed by atoms with Crippen LogP contribution in [0.4, 0.5) is 5.82 Å². The van der Waals surface area contributed by atoms with E-state index in [0.29, 0.717) is 22.6 Å². The molecular formula is C27H25N3O4. The number of fused-ring (bicyclic) bond motifs is 2. The fourth-order valence-electron chi connectivity index (χ4n) is 4.69. The molecule has 2 aromatic heterocycles. The number of likely N-dealkylation sites (N-methyl/N-ethyl adjacent to an activating group) is 1. The summed E-state index contributed by atoms with van der Waals surface area (Å²) in [7, 11) is 4.23. The molecule has 0 N–H and O–H groups in total. The van der Waals surface area contributed by atoms with Gasteiger partial charge in [-0.2, -0.15) is 0 Å². The molecule has 0 radical (unpaired) electrons. The molecule has 0 bridgehead atoms. The second-order valence-electron chi connectivity index (χ2n) is 9.01. The minimum Gasteiger partial charge on any atom is -0.463 e. The molecule has 2 aliphatic heterocycles. The van der Waals surface area contributed by atoms with Gasteiger partial charge in [0.15, 0.2) is 11.5 Å². The highest BCUT2D eigenvalue weighted by Gasteiger charge is 2.25. The Hall–Kier alpha value is -3.84. The number of hydrogen-bond acceptors (Lipinski definition) is 7. The number of anilines is 1. The van der Waals surface area contributed by atoms with Crippen LogP contribution in [0.2, 0.25) is 0 Å². The minimum atomic E-state index is -0.0677. The Bertz CT molecular complexity index is 1430. The molecule has 0 spiro atoms. The minimum absolute atomic E-state index is 0.0677. The number of rotatable bonds is 4. The fraction of sp³-hybridized carbons (Fsp3) is 0.259. The van der Waals surface area contributed by atoms with Crippen LogP contribution in [-0.4, -0.2) is 49.9 Å². The molecule has 2 aliphatic rings. The Morgan fingerprint density at radius 1 is 0.971 bits per heavy atom. The van der Waals surface area contributed by atoms with Crippen molar-refractivity contribution >= 4 is 16.8 Å². The van der Waals surface area contributed by atoms with Crippen molar-refractivity contribution in [3.05, 3.63) is 71.2 Å². The summed E-state index contributed by atoms with van der Waals surface area (Å²) in [6, 6.07) is 15.9. The molecule has 1 fully saturated rings. The van der Waals surface area contributed by atoms with Crippen molar-refractivity contribution in [3.8, 4) is 33.8 Å². The van der Waals surface area contributed by atoms with Crippen LogP contribution in [0.3, 0.4) is 0 Å². The Kier molecular flexibility index (Phi) is 4.99. The van der Waals surface area contributed by atoms with Gasteiger partial charge in [0, 0.05) is 30.9 Å². The van der Waals surface area contributed by atoms with Crippen LogP contribution in [0.5, 0.6) is 11.5 Å². The molecule has 7 heteroatoms. The largest absolute Gasteiger partial charge is 0.463 e. The SMILES string of the molecule is CN(C)C1CCN(c2ccc(-c3coc4cc(-c5ccc6c(c5)OCO6)ccc4c3=O)cn2)C1. The molecule has 0 amide bonds. The molecule has 7 nitrogen and oxygen atoms in total. The van der Waals surface area contributed by atoms with Crippen LogP contribution >= 0.6 is 0 Å². The average molecular weight is 456 g/mol.